The summed E-state index contributed by atoms with van der Waals surface area (Å²) in [5, 5.41) is 6.09. The van der Waals surface area contributed by atoms with Crippen LogP contribution in [0.4, 0.5) is 0 Å². The van der Waals surface area contributed by atoms with Crippen molar-refractivity contribution in [1.29, 1.82) is 0 Å². The molecule has 2 amide bonds. The highest BCUT2D eigenvalue weighted by Gasteiger charge is 2.16. The van der Waals surface area contributed by atoms with Crippen molar-refractivity contribution in [3.63, 3.8) is 0 Å². The minimum atomic E-state index is -0.679. The summed E-state index contributed by atoms with van der Waals surface area (Å²) >= 11 is 1.50. The first-order valence-corrected chi connectivity index (χ1v) is 11.3. The molecule has 164 valence electrons. The van der Waals surface area contributed by atoms with Crippen LogP contribution in [-0.2, 0) is 22.7 Å². The summed E-state index contributed by atoms with van der Waals surface area (Å²) in [5.41, 5.74) is 2.81. The van der Waals surface area contributed by atoms with Crippen LogP contribution in [0.15, 0.2) is 42.5 Å². The molecule has 6 nitrogen and oxygen atoms in total. The summed E-state index contributed by atoms with van der Waals surface area (Å²) in [6.07, 6.45) is 1.00. The third-order valence-electron chi connectivity index (χ3n) is 4.74. The van der Waals surface area contributed by atoms with Gasteiger partial charge < -0.3 is 15.4 Å². The van der Waals surface area contributed by atoms with E-state index in [-0.39, 0.29) is 19.2 Å². The second kappa shape index (κ2) is 10.4. The van der Waals surface area contributed by atoms with E-state index in [1.807, 2.05) is 56.3 Å². The largest absolute Gasteiger partial charge is 0.490 e. The smallest absolute Gasteiger partial charge is 0.309 e. The quantitative estimate of drug-likeness (QED) is 0.512. The second-order valence-electron chi connectivity index (χ2n) is 8.11. The van der Waals surface area contributed by atoms with E-state index < -0.39 is 11.8 Å². The lowest BCUT2D eigenvalue weighted by Gasteiger charge is -2.19. The Morgan fingerprint density at radius 2 is 1.74 bits per heavy atom. The van der Waals surface area contributed by atoms with Crippen LogP contribution < -0.4 is 15.4 Å². The fraction of sp³-hybridized carbons (Fsp3) is 0.375. The van der Waals surface area contributed by atoms with Crippen LogP contribution in [0.2, 0.25) is 0 Å². The Kier molecular flexibility index (Phi) is 7.63. The Labute approximate surface area is 187 Å². The molecule has 0 saturated heterocycles. The fourth-order valence-electron chi connectivity index (χ4n) is 3.33. The number of fused-ring (bicyclic) bond motifs is 1. The zero-order valence-electron chi connectivity index (χ0n) is 18.4. The molecule has 31 heavy (non-hydrogen) atoms. The van der Waals surface area contributed by atoms with Gasteiger partial charge in [0.1, 0.15) is 10.8 Å². The molecule has 0 bridgehead atoms. The Balaban J connectivity index is 1.55. The van der Waals surface area contributed by atoms with Gasteiger partial charge in [0, 0.05) is 12.1 Å². The van der Waals surface area contributed by atoms with Gasteiger partial charge in [0.25, 0.3) is 0 Å². The average Bonchev–Trinajstić information content (AvgIpc) is 3.13. The predicted molar refractivity (Wildman–Crippen MR) is 124 cm³/mol. The van der Waals surface area contributed by atoms with Gasteiger partial charge in [-0.1, -0.05) is 38.1 Å². The number of hydrogen-bond donors (Lipinski definition) is 2. The molecule has 1 heterocycles. The number of carbonyl (C=O) groups is 2. The summed E-state index contributed by atoms with van der Waals surface area (Å²) in [5.74, 6) is -0.0877. The number of thiazole rings is 1. The van der Waals surface area contributed by atoms with E-state index in [4.69, 9.17) is 4.74 Å². The summed E-state index contributed by atoms with van der Waals surface area (Å²) in [6, 6.07) is 13.6. The molecule has 3 aromatic rings. The van der Waals surface area contributed by atoms with Crippen molar-refractivity contribution < 1.29 is 14.3 Å². The third-order valence-corrected chi connectivity index (χ3v) is 5.77. The maximum absolute atomic E-state index is 12.3. The second-order valence-corrected chi connectivity index (χ2v) is 9.23. The molecule has 2 N–H and O–H groups in total. The van der Waals surface area contributed by atoms with E-state index in [9.17, 15) is 9.59 Å². The van der Waals surface area contributed by atoms with E-state index in [0.29, 0.717) is 5.92 Å². The van der Waals surface area contributed by atoms with Gasteiger partial charge in [-0.05, 0) is 49.9 Å². The number of carbonyl (C=O) groups excluding carboxylic acids is 2. The van der Waals surface area contributed by atoms with E-state index >= 15 is 0 Å². The molecular formula is C24H29N3O3S. The lowest BCUT2D eigenvalue weighted by Crippen LogP contribution is -2.39. The molecular weight excluding hydrogens is 410 g/mol. The SMILES string of the molecule is Cc1ccc(CNC(=O)C(=O)NCc2nc3ccccc3s2)c(OC(C)CC(C)C)c1. The van der Waals surface area contributed by atoms with Gasteiger partial charge in [-0.15, -0.1) is 11.3 Å². The Hall–Kier alpha value is -2.93. The van der Waals surface area contributed by atoms with E-state index in [1.54, 1.807) is 0 Å². The van der Waals surface area contributed by atoms with Crippen molar-refractivity contribution in [3.05, 3.63) is 58.6 Å². The molecule has 0 aliphatic heterocycles. The van der Waals surface area contributed by atoms with Gasteiger partial charge in [0.2, 0.25) is 0 Å². The van der Waals surface area contributed by atoms with Crippen molar-refractivity contribution in [2.24, 2.45) is 5.92 Å². The van der Waals surface area contributed by atoms with Gasteiger partial charge in [0.15, 0.2) is 0 Å². The number of aryl methyl sites for hydroxylation is 1. The lowest BCUT2D eigenvalue weighted by molar-refractivity contribution is -0.139. The normalized spacial score (nSPS) is 12.0. The molecule has 0 fully saturated rings. The van der Waals surface area contributed by atoms with Crippen LogP contribution in [0.5, 0.6) is 5.75 Å². The summed E-state index contributed by atoms with van der Waals surface area (Å²) in [7, 11) is 0. The van der Waals surface area contributed by atoms with Gasteiger partial charge in [0.05, 0.1) is 22.9 Å². The van der Waals surface area contributed by atoms with Crippen molar-refractivity contribution in [3.8, 4) is 5.75 Å². The molecule has 3 rings (SSSR count). The number of nitrogens with one attached hydrogen (secondary N) is 2. The Morgan fingerprint density at radius 1 is 1.03 bits per heavy atom. The lowest BCUT2D eigenvalue weighted by atomic mass is 10.1. The minimum absolute atomic E-state index is 0.0633. The zero-order chi connectivity index (χ0) is 22.4. The van der Waals surface area contributed by atoms with Gasteiger partial charge in [-0.25, -0.2) is 4.98 Å². The van der Waals surface area contributed by atoms with Crippen LogP contribution in [-0.4, -0.2) is 22.9 Å². The molecule has 1 atom stereocenters. The number of benzene rings is 2. The highest BCUT2D eigenvalue weighted by Crippen LogP contribution is 2.23. The van der Waals surface area contributed by atoms with E-state index in [1.165, 1.54) is 11.3 Å². The van der Waals surface area contributed by atoms with Gasteiger partial charge >= 0.3 is 11.8 Å². The molecule has 0 aliphatic carbocycles. The van der Waals surface area contributed by atoms with Gasteiger partial charge in [-0.2, -0.15) is 0 Å². The number of aromatic nitrogens is 1. The Morgan fingerprint density at radius 3 is 2.45 bits per heavy atom. The highest BCUT2D eigenvalue weighted by atomic mass is 32.1. The monoisotopic (exact) mass is 439 g/mol. The predicted octanol–water partition coefficient (Wildman–Crippen LogP) is 4.35. The average molecular weight is 440 g/mol. The topological polar surface area (TPSA) is 80.3 Å². The standard InChI is InChI=1S/C24H29N3O3S/c1-15(2)11-17(4)30-20-12-16(3)9-10-18(20)13-25-23(28)24(29)26-14-22-27-19-7-5-6-8-21(19)31-22/h5-10,12,15,17H,11,13-14H2,1-4H3,(H,25,28)(H,26,29). The van der Waals surface area contributed by atoms with Crippen LogP contribution >= 0.6 is 11.3 Å². The Bertz CT molecular complexity index is 1030. The summed E-state index contributed by atoms with van der Waals surface area (Å²) < 4.78 is 7.16. The molecule has 7 heteroatoms. The van der Waals surface area contributed by atoms with Crippen LogP contribution in [0, 0.1) is 12.8 Å². The number of rotatable bonds is 8. The summed E-state index contributed by atoms with van der Waals surface area (Å²) in [6.45, 7) is 8.79. The number of ether oxygens (including phenoxy) is 1. The first-order valence-electron chi connectivity index (χ1n) is 10.5. The number of amides is 2. The zero-order valence-corrected chi connectivity index (χ0v) is 19.2. The van der Waals surface area contributed by atoms with E-state index in [0.717, 1.165) is 38.5 Å². The van der Waals surface area contributed by atoms with Crippen molar-refractivity contribution in [2.75, 3.05) is 0 Å². The number of hydrogen-bond acceptors (Lipinski definition) is 5. The highest BCUT2D eigenvalue weighted by molar-refractivity contribution is 7.18. The van der Waals surface area contributed by atoms with Crippen LogP contribution in [0.3, 0.4) is 0 Å². The minimum Gasteiger partial charge on any atom is -0.490 e. The van der Waals surface area contributed by atoms with Crippen LogP contribution in [0.1, 0.15) is 43.3 Å². The molecule has 1 aromatic heterocycles. The molecule has 0 radical (unpaired) electrons. The number of nitrogens with zero attached hydrogens (tertiary/aromatic N) is 1. The molecule has 1 unspecified atom stereocenters. The van der Waals surface area contributed by atoms with Crippen molar-refractivity contribution in [1.82, 2.24) is 15.6 Å². The van der Waals surface area contributed by atoms with Crippen molar-refractivity contribution >= 4 is 33.4 Å². The van der Waals surface area contributed by atoms with E-state index in [2.05, 4.69) is 29.5 Å². The maximum atomic E-state index is 12.3. The fourth-order valence-corrected chi connectivity index (χ4v) is 4.24. The number of para-hydroxylation sites is 1. The maximum Gasteiger partial charge on any atom is 0.309 e. The first-order chi connectivity index (χ1) is 14.8. The van der Waals surface area contributed by atoms with Crippen molar-refractivity contribution in [2.45, 2.75) is 53.3 Å². The molecule has 0 aliphatic rings. The molecule has 0 saturated carbocycles. The van der Waals surface area contributed by atoms with Gasteiger partial charge in [-0.3, -0.25) is 9.59 Å². The first kappa shape index (κ1) is 22.7. The third kappa shape index (κ3) is 6.52. The summed E-state index contributed by atoms with van der Waals surface area (Å²) in [4.78, 5) is 28.9. The molecule has 2 aromatic carbocycles. The van der Waals surface area contributed by atoms with Crippen LogP contribution in [0.25, 0.3) is 10.2 Å². The molecule has 0 spiro atoms.